The van der Waals surface area contributed by atoms with Gasteiger partial charge in [0.15, 0.2) is 6.61 Å². The molecule has 2 amide bonds. The van der Waals surface area contributed by atoms with Crippen LogP contribution in [-0.4, -0.2) is 36.1 Å². The van der Waals surface area contributed by atoms with Gasteiger partial charge < -0.3 is 19.9 Å². The van der Waals surface area contributed by atoms with Crippen LogP contribution in [0.2, 0.25) is 0 Å². The van der Waals surface area contributed by atoms with Gasteiger partial charge in [-0.1, -0.05) is 12.1 Å². The summed E-state index contributed by atoms with van der Waals surface area (Å²) in [6.45, 7) is 4.58. The molecule has 1 aromatic heterocycles. The van der Waals surface area contributed by atoms with Gasteiger partial charge in [-0.15, -0.1) is 0 Å². The second kappa shape index (κ2) is 9.59. The number of nitrogens with zero attached hydrogens (tertiary/aromatic N) is 1. The normalized spacial score (nSPS) is 10.4. The fourth-order valence-electron chi connectivity index (χ4n) is 2.85. The van der Waals surface area contributed by atoms with E-state index in [-0.39, 0.29) is 18.4 Å². The van der Waals surface area contributed by atoms with E-state index in [1.54, 1.807) is 12.1 Å². The summed E-state index contributed by atoms with van der Waals surface area (Å²) in [6, 6.07) is 17.0. The Bertz CT molecular complexity index is 964. The molecule has 0 spiro atoms. The first kappa shape index (κ1) is 20.2. The number of benzene rings is 2. The van der Waals surface area contributed by atoms with Gasteiger partial charge in [0.05, 0.1) is 0 Å². The zero-order valence-corrected chi connectivity index (χ0v) is 16.6. The smallest absolute Gasteiger partial charge is 0.258 e. The highest BCUT2D eigenvalue weighted by atomic mass is 16.5. The molecule has 0 radical (unpaired) electrons. The van der Waals surface area contributed by atoms with E-state index in [1.165, 1.54) is 0 Å². The highest BCUT2D eigenvalue weighted by Gasteiger charge is 2.07. The van der Waals surface area contributed by atoms with E-state index in [0.29, 0.717) is 24.4 Å². The van der Waals surface area contributed by atoms with Crippen LogP contribution in [0, 0.1) is 13.8 Å². The van der Waals surface area contributed by atoms with E-state index in [9.17, 15) is 9.59 Å². The van der Waals surface area contributed by atoms with Gasteiger partial charge in [-0.25, -0.2) is 0 Å². The molecule has 0 aliphatic heterocycles. The molecular weight excluding hydrogens is 366 g/mol. The minimum Gasteiger partial charge on any atom is -0.483 e. The summed E-state index contributed by atoms with van der Waals surface area (Å²) < 4.78 is 7.54. The summed E-state index contributed by atoms with van der Waals surface area (Å²) in [6.07, 6.45) is 3.89. The quantitative estimate of drug-likeness (QED) is 0.580. The molecule has 2 N–H and O–H groups in total. The minimum atomic E-state index is -0.226. The van der Waals surface area contributed by atoms with Gasteiger partial charge >= 0.3 is 0 Å². The average Bonchev–Trinajstić information content (AvgIpc) is 3.27. The minimum absolute atomic E-state index is 0.0565. The lowest BCUT2D eigenvalue weighted by Crippen LogP contribution is -2.36. The lowest BCUT2D eigenvalue weighted by atomic mass is 10.1. The van der Waals surface area contributed by atoms with Crippen molar-refractivity contribution in [3.63, 3.8) is 0 Å². The van der Waals surface area contributed by atoms with Crippen LogP contribution < -0.4 is 15.4 Å². The fraction of sp³-hybridized carbons (Fsp3) is 0.217. The van der Waals surface area contributed by atoms with Crippen molar-refractivity contribution in [3.8, 4) is 11.4 Å². The van der Waals surface area contributed by atoms with E-state index in [1.807, 2.05) is 73.3 Å². The predicted octanol–water partition coefficient (Wildman–Crippen LogP) is 3.02. The van der Waals surface area contributed by atoms with Crippen molar-refractivity contribution in [3.05, 3.63) is 83.7 Å². The number of hydrogen-bond donors (Lipinski definition) is 2. The van der Waals surface area contributed by atoms with Crippen LogP contribution in [0.4, 0.5) is 0 Å². The summed E-state index contributed by atoms with van der Waals surface area (Å²) in [5.41, 5.74) is 3.70. The monoisotopic (exact) mass is 391 g/mol. The largest absolute Gasteiger partial charge is 0.483 e. The molecule has 29 heavy (non-hydrogen) atoms. The van der Waals surface area contributed by atoms with Gasteiger partial charge in [0.1, 0.15) is 5.75 Å². The van der Waals surface area contributed by atoms with Crippen LogP contribution in [0.15, 0.2) is 67.0 Å². The Kier molecular flexibility index (Phi) is 6.68. The number of rotatable bonds is 8. The van der Waals surface area contributed by atoms with Gasteiger partial charge in [0.25, 0.3) is 11.8 Å². The molecule has 0 fully saturated rings. The van der Waals surface area contributed by atoms with E-state index in [2.05, 4.69) is 10.6 Å². The van der Waals surface area contributed by atoms with E-state index >= 15 is 0 Å². The van der Waals surface area contributed by atoms with Crippen molar-refractivity contribution in [1.82, 2.24) is 15.2 Å². The molecule has 1 heterocycles. The standard InChI is InChI=1S/C23H25N3O3/c1-17-6-5-7-21(18(17)2)29-16-22(27)24-12-13-25-23(28)19-8-10-20(11-9-19)26-14-3-4-15-26/h3-11,14-15H,12-13,16H2,1-2H3,(H,24,27)(H,25,28). The summed E-state index contributed by atoms with van der Waals surface area (Å²) in [5.74, 6) is 0.304. The Balaban J connectivity index is 1.38. The first-order chi connectivity index (χ1) is 14.0. The molecular formula is C23H25N3O3. The van der Waals surface area contributed by atoms with Crippen molar-refractivity contribution in [2.24, 2.45) is 0 Å². The van der Waals surface area contributed by atoms with Crippen LogP contribution in [0.5, 0.6) is 5.75 Å². The molecule has 150 valence electrons. The lowest BCUT2D eigenvalue weighted by molar-refractivity contribution is -0.123. The number of ether oxygens (including phenoxy) is 1. The van der Waals surface area contributed by atoms with Crippen LogP contribution in [-0.2, 0) is 4.79 Å². The Morgan fingerprint density at radius 1 is 0.897 bits per heavy atom. The van der Waals surface area contributed by atoms with Crippen LogP contribution in [0.25, 0.3) is 5.69 Å². The Labute approximate surface area is 170 Å². The number of hydrogen-bond acceptors (Lipinski definition) is 3. The van der Waals surface area contributed by atoms with E-state index in [4.69, 9.17) is 4.74 Å². The van der Waals surface area contributed by atoms with Crippen molar-refractivity contribution in [2.45, 2.75) is 13.8 Å². The molecule has 0 saturated carbocycles. The zero-order chi connectivity index (χ0) is 20.6. The molecule has 0 aliphatic rings. The van der Waals surface area contributed by atoms with Gasteiger partial charge in [0, 0.05) is 36.7 Å². The molecule has 2 aromatic carbocycles. The second-order valence-corrected chi connectivity index (χ2v) is 6.73. The van der Waals surface area contributed by atoms with Crippen molar-refractivity contribution in [2.75, 3.05) is 19.7 Å². The van der Waals surface area contributed by atoms with E-state index < -0.39 is 0 Å². The maximum Gasteiger partial charge on any atom is 0.258 e. The Morgan fingerprint density at radius 2 is 1.59 bits per heavy atom. The molecule has 0 aliphatic carbocycles. The predicted molar refractivity (Wildman–Crippen MR) is 113 cm³/mol. The molecule has 3 rings (SSSR count). The summed E-state index contributed by atoms with van der Waals surface area (Å²) >= 11 is 0. The Hall–Kier alpha value is -3.54. The molecule has 6 nitrogen and oxygen atoms in total. The first-order valence-corrected chi connectivity index (χ1v) is 9.52. The summed E-state index contributed by atoms with van der Waals surface area (Å²) in [7, 11) is 0. The Morgan fingerprint density at radius 3 is 2.31 bits per heavy atom. The zero-order valence-electron chi connectivity index (χ0n) is 16.6. The van der Waals surface area contributed by atoms with Gasteiger partial charge in [-0.05, 0) is 67.4 Å². The van der Waals surface area contributed by atoms with Gasteiger partial charge in [-0.3, -0.25) is 9.59 Å². The maximum absolute atomic E-state index is 12.2. The SMILES string of the molecule is Cc1cccc(OCC(=O)NCCNC(=O)c2ccc(-n3cccc3)cc2)c1C. The molecule has 0 bridgehead atoms. The van der Waals surface area contributed by atoms with Crippen molar-refractivity contribution >= 4 is 11.8 Å². The first-order valence-electron chi connectivity index (χ1n) is 9.52. The molecule has 0 saturated heterocycles. The fourth-order valence-corrected chi connectivity index (χ4v) is 2.85. The molecule has 6 heteroatoms. The highest BCUT2D eigenvalue weighted by molar-refractivity contribution is 5.94. The van der Waals surface area contributed by atoms with Crippen LogP contribution in [0.1, 0.15) is 21.5 Å². The second-order valence-electron chi connectivity index (χ2n) is 6.73. The molecule has 0 unspecified atom stereocenters. The van der Waals surface area contributed by atoms with Crippen LogP contribution in [0.3, 0.4) is 0 Å². The number of nitrogens with one attached hydrogen (secondary N) is 2. The summed E-state index contributed by atoms with van der Waals surface area (Å²) in [4.78, 5) is 24.1. The lowest BCUT2D eigenvalue weighted by Gasteiger charge is -2.11. The summed E-state index contributed by atoms with van der Waals surface area (Å²) in [5, 5.41) is 5.54. The number of aromatic nitrogens is 1. The third-order valence-electron chi connectivity index (χ3n) is 4.68. The van der Waals surface area contributed by atoms with Crippen LogP contribution >= 0.6 is 0 Å². The van der Waals surface area contributed by atoms with E-state index in [0.717, 1.165) is 16.8 Å². The topological polar surface area (TPSA) is 72.4 Å². The molecule has 3 aromatic rings. The number of amides is 2. The number of carbonyl (C=O) groups is 2. The van der Waals surface area contributed by atoms with Crippen molar-refractivity contribution < 1.29 is 14.3 Å². The number of carbonyl (C=O) groups excluding carboxylic acids is 2. The maximum atomic E-state index is 12.2. The third kappa shape index (κ3) is 5.48. The average molecular weight is 391 g/mol. The van der Waals surface area contributed by atoms with Crippen molar-refractivity contribution in [1.29, 1.82) is 0 Å². The number of aryl methyl sites for hydroxylation is 1. The molecule has 0 atom stereocenters. The third-order valence-corrected chi connectivity index (χ3v) is 4.68. The highest BCUT2D eigenvalue weighted by Crippen LogP contribution is 2.20. The van der Waals surface area contributed by atoms with Gasteiger partial charge in [0.2, 0.25) is 0 Å². The van der Waals surface area contributed by atoms with Gasteiger partial charge in [-0.2, -0.15) is 0 Å².